The number of benzene rings is 2. The van der Waals surface area contributed by atoms with Gasteiger partial charge in [-0.15, -0.1) is 0 Å². The number of methoxy groups -OCH3 is 1. The zero-order valence-corrected chi connectivity index (χ0v) is 20.7. The Bertz CT molecular complexity index is 905. The van der Waals surface area contributed by atoms with Crippen LogP contribution in [0.3, 0.4) is 0 Å². The van der Waals surface area contributed by atoms with Gasteiger partial charge in [0.1, 0.15) is 17.5 Å². The largest absolute Gasteiger partial charge is 0.497 e. The lowest BCUT2D eigenvalue weighted by Gasteiger charge is -2.31. The first-order chi connectivity index (χ1) is 16.5. The predicted molar refractivity (Wildman–Crippen MR) is 134 cm³/mol. The lowest BCUT2D eigenvalue weighted by molar-refractivity contribution is -0.141. The van der Waals surface area contributed by atoms with Gasteiger partial charge in [-0.1, -0.05) is 49.6 Å². The van der Waals surface area contributed by atoms with E-state index in [0.717, 1.165) is 42.7 Å². The summed E-state index contributed by atoms with van der Waals surface area (Å²) >= 11 is 0. The maximum absolute atomic E-state index is 13.3. The minimum Gasteiger partial charge on any atom is -0.497 e. The van der Waals surface area contributed by atoms with E-state index in [2.05, 4.69) is 5.32 Å². The van der Waals surface area contributed by atoms with Crippen LogP contribution in [0.1, 0.15) is 63.0 Å². The molecule has 0 bridgehead atoms. The Hall–Kier alpha value is -3.02. The van der Waals surface area contributed by atoms with E-state index in [1.165, 1.54) is 5.56 Å². The molecule has 1 atom stereocenters. The average molecular weight is 467 g/mol. The van der Waals surface area contributed by atoms with E-state index in [1.54, 1.807) is 12.0 Å². The molecule has 1 aliphatic carbocycles. The maximum Gasteiger partial charge on any atom is 0.243 e. The molecule has 1 saturated carbocycles. The molecule has 0 radical (unpaired) electrons. The fraction of sp³-hybridized carbons (Fsp3) is 0.500. The molecule has 0 aromatic heterocycles. The highest BCUT2D eigenvalue weighted by molar-refractivity contribution is 5.87. The average Bonchev–Trinajstić information content (AvgIpc) is 3.36. The van der Waals surface area contributed by atoms with Gasteiger partial charge in [-0.2, -0.15) is 0 Å². The topological polar surface area (TPSA) is 67.9 Å². The highest BCUT2D eigenvalue weighted by Gasteiger charge is 2.30. The lowest BCUT2D eigenvalue weighted by atomic mass is 10.1. The summed E-state index contributed by atoms with van der Waals surface area (Å²) in [4.78, 5) is 28.2. The number of aryl methyl sites for hydroxylation is 1. The summed E-state index contributed by atoms with van der Waals surface area (Å²) < 4.78 is 11.0. The van der Waals surface area contributed by atoms with E-state index in [-0.39, 0.29) is 17.9 Å². The van der Waals surface area contributed by atoms with E-state index in [4.69, 9.17) is 9.47 Å². The van der Waals surface area contributed by atoms with Crippen molar-refractivity contribution in [1.29, 1.82) is 0 Å². The van der Waals surface area contributed by atoms with Crippen molar-refractivity contribution in [3.8, 4) is 11.5 Å². The minimum absolute atomic E-state index is 0.0308. The molecule has 3 rings (SSSR count). The van der Waals surface area contributed by atoms with Gasteiger partial charge in [0, 0.05) is 19.0 Å². The molecule has 6 nitrogen and oxygen atoms in total. The van der Waals surface area contributed by atoms with Crippen LogP contribution in [0, 0.1) is 6.92 Å². The molecule has 0 saturated heterocycles. The molecule has 0 heterocycles. The Kier molecular flexibility index (Phi) is 9.80. The lowest BCUT2D eigenvalue weighted by Crippen LogP contribution is -2.50. The van der Waals surface area contributed by atoms with Gasteiger partial charge < -0.3 is 19.7 Å². The molecule has 2 aromatic rings. The number of rotatable bonds is 12. The summed E-state index contributed by atoms with van der Waals surface area (Å²) in [7, 11) is 1.63. The van der Waals surface area contributed by atoms with Gasteiger partial charge in [-0.3, -0.25) is 9.59 Å². The highest BCUT2D eigenvalue weighted by Crippen LogP contribution is 2.21. The molecule has 2 aromatic carbocycles. The predicted octanol–water partition coefficient (Wildman–Crippen LogP) is 5.03. The number of hydrogen-bond donors (Lipinski definition) is 1. The molecular weight excluding hydrogens is 428 g/mol. The summed E-state index contributed by atoms with van der Waals surface area (Å²) in [5, 5.41) is 3.19. The second-order valence-corrected chi connectivity index (χ2v) is 9.05. The van der Waals surface area contributed by atoms with Crippen molar-refractivity contribution in [2.45, 2.75) is 77.4 Å². The minimum atomic E-state index is -0.492. The Morgan fingerprint density at radius 1 is 1.03 bits per heavy atom. The Morgan fingerprint density at radius 2 is 1.68 bits per heavy atom. The van der Waals surface area contributed by atoms with Crippen molar-refractivity contribution < 1.29 is 19.1 Å². The summed E-state index contributed by atoms with van der Waals surface area (Å²) in [6, 6.07) is 15.3. The van der Waals surface area contributed by atoms with E-state index in [1.807, 2.05) is 62.4 Å². The first-order valence-electron chi connectivity index (χ1n) is 12.4. The summed E-state index contributed by atoms with van der Waals surface area (Å²) in [6.07, 6.45) is 5.83. The van der Waals surface area contributed by atoms with Crippen LogP contribution in [0.15, 0.2) is 48.5 Å². The molecule has 1 N–H and O–H groups in total. The molecule has 0 unspecified atom stereocenters. The molecule has 184 valence electrons. The number of nitrogens with zero attached hydrogens (tertiary/aromatic N) is 1. The molecule has 34 heavy (non-hydrogen) atoms. The number of carbonyl (C=O) groups is 2. The first kappa shape index (κ1) is 25.6. The molecular formula is C28H38N2O4. The SMILES string of the molecule is CC[C@H](C(=O)NC1CCCC1)N(Cc1ccc(OC)cc1)C(=O)CCCOc1ccc(C)cc1. The molecule has 2 amide bonds. The van der Waals surface area contributed by atoms with E-state index in [9.17, 15) is 9.59 Å². The number of carbonyl (C=O) groups excluding carboxylic acids is 2. The third kappa shape index (κ3) is 7.51. The van der Waals surface area contributed by atoms with Crippen LogP contribution in [0.25, 0.3) is 0 Å². The van der Waals surface area contributed by atoms with Crippen LogP contribution in [0.2, 0.25) is 0 Å². The molecule has 0 aliphatic heterocycles. The van der Waals surface area contributed by atoms with Gasteiger partial charge in [0.25, 0.3) is 0 Å². The van der Waals surface area contributed by atoms with E-state index < -0.39 is 6.04 Å². The van der Waals surface area contributed by atoms with Crippen LogP contribution in [0.5, 0.6) is 11.5 Å². The van der Waals surface area contributed by atoms with Crippen molar-refractivity contribution in [3.63, 3.8) is 0 Å². The Balaban J connectivity index is 1.64. The van der Waals surface area contributed by atoms with Crippen molar-refractivity contribution >= 4 is 11.8 Å². The monoisotopic (exact) mass is 466 g/mol. The Labute approximate surface area is 203 Å². The second-order valence-electron chi connectivity index (χ2n) is 9.05. The van der Waals surface area contributed by atoms with Gasteiger partial charge >= 0.3 is 0 Å². The van der Waals surface area contributed by atoms with Crippen LogP contribution < -0.4 is 14.8 Å². The van der Waals surface area contributed by atoms with Crippen molar-refractivity contribution in [3.05, 3.63) is 59.7 Å². The van der Waals surface area contributed by atoms with Crippen LogP contribution in [-0.2, 0) is 16.1 Å². The fourth-order valence-corrected chi connectivity index (χ4v) is 4.41. The summed E-state index contributed by atoms with van der Waals surface area (Å²) in [5.74, 6) is 1.49. The van der Waals surface area contributed by atoms with Gasteiger partial charge in [0.05, 0.1) is 13.7 Å². The summed E-state index contributed by atoms with van der Waals surface area (Å²) in [6.45, 7) is 4.84. The third-order valence-corrected chi connectivity index (χ3v) is 6.42. The number of nitrogens with one attached hydrogen (secondary N) is 1. The number of hydrogen-bond acceptors (Lipinski definition) is 4. The zero-order valence-electron chi connectivity index (χ0n) is 20.7. The van der Waals surface area contributed by atoms with E-state index >= 15 is 0 Å². The molecule has 6 heteroatoms. The summed E-state index contributed by atoms with van der Waals surface area (Å²) in [5.41, 5.74) is 2.15. The fourth-order valence-electron chi connectivity index (χ4n) is 4.41. The molecule has 1 aliphatic rings. The Morgan fingerprint density at radius 3 is 2.29 bits per heavy atom. The van der Waals surface area contributed by atoms with E-state index in [0.29, 0.717) is 32.4 Å². The van der Waals surface area contributed by atoms with Crippen molar-refractivity contribution in [2.75, 3.05) is 13.7 Å². The quantitative estimate of drug-likeness (QED) is 0.446. The second kappa shape index (κ2) is 13.0. The van der Waals surface area contributed by atoms with Gasteiger partial charge in [0.2, 0.25) is 11.8 Å². The molecule has 1 fully saturated rings. The van der Waals surface area contributed by atoms with Crippen molar-refractivity contribution in [1.82, 2.24) is 10.2 Å². The standard InChI is InChI=1S/C28H38N2O4/c1-4-26(28(32)29-23-8-5-6-9-23)30(20-22-13-17-24(33-3)18-14-22)27(31)10-7-19-34-25-15-11-21(2)12-16-25/h11-18,23,26H,4-10,19-20H2,1-3H3,(H,29,32)/t26-/m1/s1. The first-order valence-corrected chi connectivity index (χ1v) is 12.4. The van der Waals surface area contributed by atoms with Crippen molar-refractivity contribution in [2.24, 2.45) is 0 Å². The zero-order chi connectivity index (χ0) is 24.3. The van der Waals surface area contributed by atoms with Gasteiger partial charge in [-0.05, 0) is 62.4 Å². The number of amides is 2. The van der Waals surface area contributed by atoms with Gasteiger partial charge in [-0.25, -0.2) is 0 Å². The highest BCUT2D eigenvalue weighted by atomic mass is 16.5. The number of ether oxygens (including phenoxy) is 2. The third-order valence-electron chi connectivity index (χ3n) is 6.42. The van der Waals surface area contributed by atoms with Crippen LogP contribution >= 0.6 is 0 Å². The normalized spacial score (nSPS) is 14.4. The van der Waals surface area contributed by atoms with Crippen LogP contribution in [-0.4, -0.2) is 42.5 Å². The van der Waals surface area contributed by atoms with Gasteiger partial charge in [0.15, 0.2) is 0 Å². The maximum atomic E-state index is 13.3. The smallest absolute Gasteiger partial charge is 0.243 e. The van der Waals surface area contributed by atoms with Crippen LogP contribution in [0.4, 0.5) is 0 Å². The molecule has 0 spiro atoms.